The number of rotatable bonds is 4. The number of nitrogens with zero attached hydrogens (tertiary/aromatic N) is 3. The van der Waals surface area contributed by atoms with E-state index in [4.69, 9.17) is 22.7 Å². The topological polar surface area (TPSA) is 73.9 Å². The lowest BCUT2D eigenvalue weighted by Gasteiger charge is -2.09. The molecule has 0 atom stereocenters. The van der Waals surface area contributed by atoms with E-state index >= 15 is 0 Å². The number of thiocarbonyl (C=S) groups is 1. The normalized spacial score (nSPS) is 10.2. The van der Waals surface area contributed by atoms with Gasteiger partial charge in [-0.25, -0.2) is 9.97 Å². The van der Waals surface area contributed by atoms with Gasteiger partial charge in [0.2, 0.25) is 5.88 Å². The minimum absolute atomic E-state index is 0.213. The summed E-state index contributed by atoms with van der Waals surface area (Å²) in [6, 6.07) is 3.77. The number of aromatic nitrogens is 3. The Bertz CT molecular complexity index is 598. The van der Waals surface area contributed by atoms with Crippen molar-refractivity contribution >= 4 is 17.2 Å². The van der Waals surface area contributed by atoms with Gasteiger partial charge in [-0.1, -0.05) is 19.1 Å². The molecule has 0 radical (unpaired) electrons. The van der Waals surface area contributed by atoms with Gasteiger partial charge in [0.1, 0.15) is 10.7 Å². The monoisotopic (exact) mass is 274 g/mol. The van der Waals surface area contributed by atoms with Crippen LogP contribution in [-0.2, 0) is 6.42 Å². The Kier molecular flexibility index (Phi) is 4.01. The van der Waals surface area contributed by atoms with Gasteiger partial charge in [0.25, 0.3) is 0 Å². The Morgan fingerprint density at radius 3 is 2.68 bits per heavy atom. The molecule has 6 heteroatoms. The van der Waals surface area contributed by atoms with Crippen LogP contribution in [0.2, 0.25) is 0 Å². The molecule has 5 nitrogen and oxygen atoms in total. The Labute approximate surface area is 116 Å². The Morgan fingerprint density at radius 1 is 1.32 bits per heavy atom. The maximum atomic E-state index is 5.67. The van der Waals surface area contributed by atoms with E-state index < -0.39 is 0 Å². The molecule has 2 aromatic rings. The lowest BCUT2D eigenvalue weighted by Crippen LogP contribution is -2.11. The van der Waals surface area contributed by atoms with Gasteiger partial charge in [-0.15, -0.1) is 0 Å². The Hall–Kier alpha value is -2.08. The van der Waals surface area contributed by atoms with Crippen LogP contribution in [0.25, 0.3) is 0 Å². The fraction of sp³-hybridized carbons (Fsp3) is 0.231. The van der Waals surface area contributed by atoms with Gasteiger partial charge in [-0.3, -0.25) is 4.98 Å². The van der Waals surface area contributed by atoms with E-state index in [0.717, 1.165) is 17.8 Å². The predicted octanol–water partition coefficient (Wildman–Crippen LogP) is 2.17. The highest BCUT2D eigenvalue weighted by molar-refractivity contribution is 7.80. The molecule has 0 fully saturated rings. The van der Waals surface area contributed by atoms with Gasteiger partial charge in [0.05, 0.1) is 18.1 Å². The second-order valence-corrected chi connectivity index (χ2v) is 4.40. The average molecular weight is 274 g/mol. The van der Waals surface area contributed by atoms with E-state index in [1.54, 1.807) is 0 Å². The molecule has 2 N–H and O–H groups in total. The molecule has 2 rings (SSSR count). The van der Waals surface area contributed by atoms with Crippen molar-refractivity contribution in [3.05, 3.63) is 41.6 Å². The van der Waals surface area contributed by atoms with Crippen LogP contribution in [0, 0.1) is 6.92 Å². The minimum Gasteiger partial charge on any atom is -0.436 e. The molecule has 0 amide bonds. The first kappa shape index (κ1) is 13.4. The molecule has 0 saturated carbocycles. The van der Waals surface area contributed by atoms with Crippen LogP contribution in [-0.4, -0.2) is 19.9 Å². The van der Waals surface area contributed by atoms with Gasteiger partial charge in [-0.2, -0.15) is 0 Å². The molecule has 0 spiro atoms. The molecule has 98 valence electrons. The number of ether oxygens (including phenoxy) is 1. The Morgan fingerprint density at radius 2 is 2.11 bits per heavy atom. The van der Waals surface area contributed by atoms with Gasteiger partial charge >= 0.3 is 0 Å². The highest BCUT2D eigenvalue weighted by atomic mass is 32.1. The van der Waals surface area contributed by atoms with Crippen molar-refractivity contribution in [2.75, 3.05) is 0 Å². The maximum Gasteiger partial charge on any atom is 0.237 e. The van der Waals surface area contributed by atoms with Crippen LogP contribution in [0.4, 0.5) is 0 Å². The van der Waals surface area contributed by atoms with Gasteiger partial charge in [0.15, 0.2) is 5.75 Å². The van der Waals surface area contributed by atoms with Crippen molar-refractivity contribution in [1.82, 2.24) is 15.0 Å². The van der Waals surface area contributed by atoms with Crippen LogP contribution in [0.1, 0.15) is 24.0 Å². The number of hydrogen-bond donors (Lipinski definition) is 1. The van der Waals surface area contributed by atoms with Gasteiger partial charge < -0.3 is 10.5 Å². The quantitative estimate of drug-likeness (QED) is 0.861. The standard InChI is InChI=1S/C13H14N4OS/c1-3-9-11(5-4-8(2)17-9)18-12-7-15-10(6-16-12)13(14)19/h4-7H,3H2,1-2H3,(H2,14,19). The number of pyridine rings is 1. The van der Waals surface area contributed by atoms with Crippen LogP contribution in [0.15, 0.2) is 24.5 Å². The van der Waals surface area contributed by atoms with Crippen molar-refractivity contribution in [3.8, 4) is 11.6 Å². The summed E-state index contributed by atoms with van der Waals surface area (Å²) in [7, 11) is 0. The van der Waals surface area contributed by atoms with Gasteiger partial charge in [-0.05, 0) is 25.5 Å². The molecule has 0 unspecified atom stereocenters. The number of hydrogen-bond acceptors (Lipinski definition) is 5. The van der Waals surface area contributed by atoms with Crippen LogP contribution in [0.3, 0.4) is 0 Å². The predicted molar refractivity (Wildman–Crippen MR) is 76.3 cm³/mol. The minimum atomic E-state index is 0.213. The zero-order valence-electron chi connectivity index (χ0n) is 10.8. The fourth-order valence-corrected chi connectivity index (χ4v) is 1.66. The van der Waals surface area contributed by atoms with Gasteiger partial charge in [0, 0.05) is 5.69 Å². The van der Waals surface area contributed by atoms with E-state index in [1.807, 2.05) is 26.0 Å². The number of nitrogens with two attached hydrogens (primary N) is 1. The van der Waals surface area contributed by atoms with Crippen molar-refractivity contribution in [2.45, 2.75) is 20.3 Å². The van der Waals surface area contributed by atoms with E-state index in [1.165, 1.54) is 12.4 Å². The fourth-order valence-electron chi connectivity index (χ4n) is 1.55. The summed E-state index contributed by atoms with van der Waals surface area (Å²) in [5.74, 6) is 1.07. The molecule has 0 saturated heterocycles. The van der Waals surface area contributed by atoms with E-state index in [2.05, 4.69) is 15.0 Å². The van der Waals surface area contributed by atoms with Crippen LogP contribution >= 0.6 is 12.2 Å². The summed E-state index contributed by atoms with van der Waals surface area (Å²) in [5, 5.41) is 0. The third kappa shape index (κ3) is 3.23. The molecule has 0 aliphatic carbocycles. The smallest absolute Gasteiger partial charge is 0.237 e. The zero-order valence-corrected chi connectivity index (χ0v) is 11.6. The van der Waals surface area contributed by atoms with Crippen molar-refractivity contribution in [1.29, 1.82) is 0 Å². The van der Waals surface area contributed by atoms with Crippen molar-refractivity contribution < 1.29 is 4.74 Å². The maximum absolute atomic E-state index is 5.67. The highest BCUT2D eigenvalue weighted by Gasteiger charge is 2.07. The molecule has 0 bridgehead atoms. The largest absolute Gasteiger partial charge is 0.436 e. The van der Waals surface area contributed by atoms with Crippen LogP contribution in [0.5, 0.6) is 11.6 Å². The SMILES string of the molecule is CCc1nc(C)ccc1Oc1cnc(C(N)=S)cn1. The highest BCUT2D eigenvalue weighted by Crippen LogP contribution is 2.22. The summed E-state index contributed by atoms with van der Waals surface area (Å²) >= 11 is 4.81. The first-order valence-corrected chi connectivity index (χ1v) is 6.27. The molecule has 0 aliphatic rings. The first-order valence-electron chi connectivity index (χ1n) is 5.86. The van der Waals surface area contributed by atoms with E-state index in [9.17, 15) is 0 Å². The summed E-state index contributed by atoms with van der Waals surface area (Å²) in [5.41, 5.74) is 7.78. The van der Waals surface area contributed by atoms with Crippen molar-refractivity contribution in [3.63, 3.8) is 0 Å². The van der Waals surface area contributed by atoms with Crippen molar-refractivity contribution in [2.24, 2.45) is 5.73 Å². The lowest BCUT2D eigenvalue weighted by atomic mass is 10.2. The third-order valence-electron chi connectivity index (χ3n) is 2.50. The number of aryl methyl sites for hydroxylation is 2. The summed E-state index contributed by atoms with van der Waals surface area (Å²) < 4.78 is 5.67. The van der Waals surface area contributed by atoms with E-state index in [-0.39, 0.29) is 4.99 Å². The summed E-state index contributed by atoms with van der Waals surface area (Å²) in [4.78, 5) is 12.8. The molecule has 2 heterocycles. The van der Waals surface area contributed by atoms with E-state index in [0.29, 0.717) is 17.3 Å². The lowest BCUT2D eigenvalue weighted by molar-refractivity contribution is 0.451. The molecule has 0 aromatic carbocycles. The Balaban J connectivity index is 2.23. The summed E-state index contributed by atoms with van der Waals surface area (Å²) in [6.07, 6.45) is 3.77. The second kappa shape index (κ2) is 5.71. The average Bonchev–Trinajstić information content (AvgIpc) is 2.41. The molecule has 0 aliphatic heterocycles. The third-order valence-corrected chi connectivity index (χ3v) is 2.71. The molecular formula is C13H14N4OS. The summed E-state index contributed by atoms with van der Waals surface area (Å²) in [6.45, 7) is 3.97. The molecular weight excluding hydrogens is 260 g/mol. The van der Waals surface area contributed by atoms with Crippen LogP contribution < -0.4 is 10.5 Å². The first-order chi connectivity index (χ1) is 9.10. The molecule has 2 aromatic heterocycles. The zero-order chi connectivity index (χ0) is 13.8. The second-order valence-electron chi connectivity index (χ2n) is 3.96. The molecule has 19 heavy (non-hydrogen) atoms.